The Morgan fingerprint density at radius 3 is 2.28 bits per heavy atom. The molecule has 2 heterocycles. The number of nitrogens with one attached hydrogen (secondary N) is 5. The van der Waals surface area contributed by atoms with Gasteiger partial charge in [-0.1, -0.05) is 64.4 Å². The number of carbonyl (C=O) groups is 5. The van der Waals surface area contributed by atoms with Crippen LogP contribution < -0.4 is 26.6 Å². The number of benzene rings is 1. The first kappa shape index (κ1) is 37.2. The van der Waals surface area contributed by atoms with E-state index in [1.807, 2.05) is 40.7 Å². The van der Waals surface area contributed by atoms with E-state index >= 15 is 0 Å². The maximum absolute atomic E-state index is 13.6. The van der Waals surface area contributed by atoms with Gasteiger partial charge >= 0.3 is 6.03 Å². The molecule has 13 nitrogen and oxygen atoms in total. The molecule has 256 valence electrons. The van der Waals surface area contributed by atoms with Crippen LogP contribution >= 0.6 is 11.6 Å². The van der Waals surface area contributed by atoms with Crippen molar-refractivity contribution in [2.45, 2.75) is 78.9 Å². The molecule has 1 aliphatic rings. The summed E-state index contributed by atoms with van der Waals surface area (Å²) in [4.78, 5) is 75.4. The van der Waals surface area contributed by atoms with Crippen molar-refractivity contribution < 1.29 is 24.0 Å². The number of hydrogen-bond donors (Lipinski definition) is 5. The quantitative estimate of drug-likeness (QED) is 0.217. The lowest BCUT2D eigenvalue weighted by Gasteiger charge is -2.32. The molecule has 2 aromatic rings. The molecule has 1 saturated heterocycles. The first-order chi connectivity index (χ1) is 22.2. The van der Waals surface area contributed by atoms with Crippen molar-refractivity contribution in [3.8, 4) is 0 Å². The number of carbonyl (C=O) groups excluding carboxylic acids is 5. The van der Waals surface area contributed by atoms with Gasteiger partial charge in [0.1, 0.15) is 12.1 Å². The van der Waals surface area contributed by atoms with E-state index in [9.17, 15) is 24.0 Å². The van der Waals surface area contributed by atoms with Gasteiger partial charge in [-0.15, -0.1) is 0 Å². The number of anilines is 1. The van der Waals surface area contributed by atoms with Gasteiger partial charge in [0.05, 0.1) is 12.6 Å². The summed E-state index contributed by atoms with van der Waals surface area (Å²) in [6, 6.07) is 4.44. The fourth-order valence-corrected chi connectivity index (χ4v) is 5.13. The number of piperidine rings is 1. The third kappa shape index (κ3) is 12.8. The molecule has 0 unspecified atom stereocenters. The molecule has 47 heavy (non-hydrogen) atoms. The molecule has 0 radical (unpaired) electrons. The highest BCUT2D eigenvalue weighted by atomic mass is 35.5. The molecule has 0 aliphatic carbocycles. The third-order valence-electron chi connectivity index (χ3n) is 7.54. The minimum Gasteiger partial charge on any atom is -0.355 e. The van der Waals surface area contributed by atoms with Crippen LogP contribution in [0.3, 0.4) is 0 Å². The predicted octanol–water partition coefficient (Wildman–Crippen LogP) is 3.26. The van der Waals surface area contributed by atoms with E-state index in [0.717, 1.165) is 5.56 Å². The molecule has 3 rings (SSSR count). The van der Waals surface area contributed by atoms with Gasteiger partial charge in [0, 0.05) is 49.5 Å². The Morgan fingerprint density at radius 2 is 1.66 bits per heavy atom. The van der Waals surface area contributed by atoms with Gasteiger partial charge in [-0.25, -0.2) is 9.78 Å². The average molecular weight is 671 g/mol. The van der Waals surface area contributed by atoms with E-state index in [-0.39, 0.29) is 49.2 Å². The Morgan fingerprint density at radius 1 is 0.957 bits per heavy atom. The number of urea groups is 1. The zero-order valence-electron chi connectivity index (χ0n) is 27.8. The van der Waals surface area contributed by atoms with Crippen LogP contribution in [0, 0.1) is 17.3 Å². The van der Waals surface area contributed by atoms with Crippen LogP contribution in [0.5, 0.6) is 0 Å². The molecule has 1 fully saturated rings. The number of aromatic nitrogens is 2. The fraction of sp³-hybridized carbons (Fsp3) is 0.545. The van der Waals surface area contributed by atoms with Gasteiger partial charge in [-0.05, 0) is 42.2 Å². The van der Waals surface area contributed by atoms with Gasteiger partial charge in [-0.3, -0.25) is 24.2 Å². The van der Waals surface area contributed by atoms with Crippen molar-refractivity contribution in [2.24, 2.45) is 17.3 Å². The first-order valence-corrected chi connectivity index (χ1v) is 16.3. The summed E-state index contributed by atoms with van der Waals surface area (Å²) >= 11 is 6.24. The lowest BCUT2D eigenvalue weighted by atomic mass is 9.96. The molecule has 1 aromatic carbocycles. The molecule has 0 saturated carbocycles. The number of nitrogens with zero attached hydrogens (tertiary/aromatic N) is 3. The van der Waals surface area contributed by atoms with Crippen molar-refractivity contribution in [1.29, 1.82) is 0 Å². The van der Waals surface area contributed by atoms with E-state index in [1.165, 1.54) is 23.5 Å². The van der Waals surface area contributed by atoms with Gasteiger partial charge in [0.15, 0.2) is 5.82 Å². The maximum Gasteiger partial charge on any atom is 0.318 e. The van der Waals surface area contributed by atoms with Gasteiger partial charge in [-0.2, -0.15) is 0 Å². The molecule has 0 bridgehead atoms. The van der Waals surface area contributed by atoms with Crippen molar-refractivity contribution in [1.82, 2.24) is 36.1 Å². The fourth-order valence-electron chi connectivity index (χ4n) is 4.93. The second-order valence-corrected chi connectivity index (χ2v) is 13.8. The molecular formula is C33H47ClN8O5. The van der Waals surface area contributed by atoms with E-state index in [4.69, 9.17) is 11.6 Å². The van der Waals surface area contributed by atoms with E-state index < -0.39 is 35.8 Å². The Kier molecular flexibility index (Phi) is 13.9. The zero-order valence-corrected chi connectivity index (χ0v) is 28.5. The first-order valence-electron chi connectivity index (χ1n) is 15.9. The monoisotopic (exact) mass is 670 g/mol. The lowest BCUT2D eigenvalue weighted by molar-refractivity contribution is -0.132. The molecule has 2 atom stereocenters. The molecule has 6 amide bonds. The van der Waals surface area contributed by atoms with Gasteiger partial charge in [0.25, 0.3) is 0 Å². The molecule has 0 spiro atoms. The molecule has 1 aliphatic heterocycles. The second kappa shape index (κ2) is 17.6. The van der Waals surface area contributed by atoms with Crippen molar-refractivity contribution in [2.75, 3.05) is 25.0 Å². The summed E-state index contributed by atoms with van der Waals surface area (Å²) in [5.41, 5.74) is 0.537. The topological polar surface area (TPSA) is 175 Å². The average Bonchev–Trinajstić information content (AvgIpc) is 3.02. The smallest absolute Gasteiger partial charge is 0.318 e. The number of hydrogen-bond acceptors (Lipinski definition) is 7. The van der Waals surface area contributed by atoms with Gasteiger partial charge in [0.2, 0.25) is 23.6 Å². The molecular weight excluding hydrogens is 624 g/mol. The Balaban J connectivity index is 1.66. The second-order valence-electron chi connectivity index (χ2n) is 13.4. The van der Waals surface area contributed by atoms with E-state index in [0.29, 0.717) is 36.6 Å². The Labute approximate surface area is 281 Å². The maximum atomic E-state index is 13.6. The highest BCUT2D eigenvalue weighted by Crippen LogP contribution is 2.20. The minimum absolute atomic E-state index is 0.0573. The van der Waals surface area contributed by atoms with Gasteiger partial charge < -0.3 is 31.5 Å². The number of amides is 6. The normalized spacial score (nSPS) is 14.9. The van der Waals surface area contributed by atoms with Crippen LogP contribution in [0.4, 0.5) is 10.6 Å². The summed E-state index contributed by atoms with van der Waals surface area (Å²) in [6.07, 6.45) is 5.28. The lowest BCUT2D eigenvalue weighted by Crippen LogP contribution is -2.57. The number of halogens is 1. The Bertz CT molecular complexity index is 1380. The van der Waals surface area contributed by atoms with Crippen molar-refractivity contribution in [3.63, 3.8) is 0 Å². The summed E-state index contributed by atoms with van der Waals surface area (Å²) in [5.74, 6) is -1.60. The molecule has 14 heteroatoms. The third-order valence-corrected chi connectivity index (χ3v) is 7.91. The largest absolute Gasteiger partial charge is 0.355 e. The van der Waals surface area contributed by atoms with Crippen LogP contribution in [0.2, 0.25) is 5.02 Å². The minimum atomic E-state index is -1.24. The highest BCUT2D eigenvalue weighted by molar-refractivity contribution is 6.31. The number of rotatable bonds is 13. The summed E-state index contributed by atoms with van der Waals surface area (Å²) in [7, 11) is 0. The van der Waals surface area contributed by atoms with Crippen LogP contribution in [-0.4, -0.2) is 76.2 Å². The number of likely N-dealkylation sites (tertiary alicyclic amines) is 1. The van der Waals surface area contributed by atoms with Crippen LogP contribution in [-0.2, 0) is 25.7 Å². The summed E-state index contributed by atoms with van der Waals surface area (Å²) < 4.78 is 0. The van der Waals surface area contributed by atoms with E-state index in [1.54, 1.807) is 18.2 Å². The SMILES string of the molecule is CC(C)C[C@H](NC(=O)[C@H](CC(=O)NCC(C)(C)C)NC(=O)N1CCC(C(=O)Nc2cnccn2)CC1)C(=O)NCc1ccccc1Cl. The highest BCUT2D eigenvalue weighted by Gasteiger charge is 2.33. The van der Waals surface area contributed by atoms with Crippen LogP contribution in [0.1, 0.15) is 65.9 Å². The Hall–Kier alpha value is -4.26. The van der Waals surface area contributed by atoms with Crippen molar-refractivity contribution >= 4 is 47.1 Å². The van der Waals surface area contributed by atoms with Crippen molar-refractivity contribution in [3.05, 3.63) is 53.4 Å². The molecule has 1 aromatic heterocycles. The zero-order chi connectivity index (χ0) is 34.6. The van der Waals surface area contributed by atoms with Crippen LogP contribution in [0.15, 0.2) is 42.9 Å². The standard InChI is InChI=1S/C33H47ClN8O5/c1-21(2)16-25(30(45)37-18-23-8-6-7-9-24(23)34)39-31(46)26(17-28(43)38-20-33(3,4)5)40-32(47)42-14-10-22(11-15-42)29(44)41-27-19-35-12-13-36-27/h6-9,12-13,19,21-22,25-26H,10-11,14-18,20H2,1-5H3,(H,37,45)(H,38,43)(H,39,46)(H,40,47)(H,36,41,44)/t25-,26-/m0/s1. The van der Waals surface area contributed by atoms with Crippen LogP contribution in [0.25, 0.3) is 0 Å². The predicted molar refractivity (Wildman–Crippen MR) is 179 cm³/mol. The summed E-state index contributed by atoms with van der Waals surface area (Å²) in [5, 5.41) is 14.4. The van der Waals surface area contributed by atoms with E-state index in [2.05, 4.69) is 36.6 Å². The summed E-state index contributed by atoms with van der Waals surface area (Å²) in [6.45, 7) is 10.8. The molecule has 5 N–H and O–H groups in total.